The van der Waals surface area contributed by atoms with E-state index in [0.717, 1.165) is 4.57 Å². The molecule has 0 unspecified atom stereocenters. The summed E-state index contributed by atoms with van der Waals surface area (Å²) >= 11 is 1.74. The third-order valence-corrected chi connectivity index (χ3v) is 4.01. The second kappa shape index (κ2) is 5.10. The third kappa shape index (κ3) is 2.24. The zero-order chi connectivity index (χ0) is 13.4. The lowest BCUT2D eigenvalue weighted by atomic mass is 10.1. The molecule has 1 fully saturated rings. The monoisotopic (exact) mass is 370 g/mol. The number of aliphatic hydroxyl groups is 2. The zero-order valence-corrected chi connectivity index (χ0v) is 11.4. The van der Waals surface area contributed by atoms with Crippen molar-refractivity contribution < 1.29 is 14.6 Å². The minimum absolute atomic E-state index is 0.0361. The molecule has 0 amide bonds. The van der Waals surface area contributed by atoms with Gasteiger partial charge < -0.3 is 10.2 Å². The lowest BCUT2D eigenvalue weighted by Gasteiger charge is -2.17. The smallest absolute Gasteiger partial charge is 0.328 e. The molecule has 1 saturated carbocycles. The van der Waals surface area contributed by atoms with E-state index >= 15 is 0 Å². The Morgan fingerprint density at radius 2 is 2.22 bits per heavy atom. The summed E-state index contributed by atoms with van der Waals surface area (Å²) < 4.78 is 15.4. The van der Waals surface area contributed by atoms with Crippen LogP contribution in [-0.2, 0) is 0 Å². The first-order chi connectivity index (χ1) is 8.45. The standard InChI is InChI=1S/C10H12FIN2O4/c11-8-4(3-15)7(16)1-6(8)14-2-5(12)9(17)13-10(14)18/h2,4,6-8,15-16H,1,3H2,(H,13,17,18)/t4-,6+,7+,8-/m0/s1. The van der Waals surface area contributed by atoms with Crippen LogP contribution in [0.4, 0.5) is 4.39 Å². The van der Waals surface area contributed by atoms with Crippen molar-refractivity contribution in [3.63, 3.8) is 0 Å². The highest BCUT2D eigenvalue weighted by Crippen LogP contribution is 2.36. The van der Waals surface area contributed by atoms with Crippen molar-refractivity contribution >= 4 is 22.6 Å². The van der Waals surface area contributed by atoms with Crippen LogP contribution in [0.25, 0.3) is 0 Å². The highest BCUT2D eigenvalue weighted by atomic mass is 127. The van der Waals surface area contributed by atoms with E-state index in [4.69, 9.17) is 5.11 Å². The molecule has 1 heterocycles. The largest absolute Gasteiger partial charge is 0.396 e. The Morgan fingerprint density at radius 1 is 1.56 bits per heavy atom. The summed E-state index contributed by atoms with van der Waals surface area (Å²) in [6.07, 6.45) is -1.21. The van der Waals surface area contributed by atoms with Gasteiger partial charge in [0, 0.05) is 12.1 Å². The molecule has 1 aromatic rings. The van der Waals surface area contributed by atoms with Gasteiger partial charge >= 0.3 is 5.69 Å². The van der Waals surface area contributed by atoms with Crippen LogP contribution < -0.4 is 11.2 Å². The molecule has 0 aliphatic heterocycles. The molecule has 0 radical (unpaired) electrons. The van der Waals surface area contributed by atoms with Gasteiger partial charge in [-0.15, -0.1) is 0 Å². The zero-order valence-electron chi connectivity index (χ0n) is 9.22. The SMILES string of the molecule is O=c1[nH]c(=O)n([C@@H]2C[C@@H](O)[C@H](CO)[C@@H]2F)cc1I. The van der Waals surface area contributed by atoms with Gasteiger partial charge in [0.1, 0.15) is 6.17 Å². The Bertz CT molecular complexity index is 558. The molecule has 1 aliphatic rings. The van der Waals surface area contributed by atoms with Crippen molar-refractivity contribution in [3.8, 4) is 0 Å². The first-order valence-corrected chi connectivity index (χ1v) is 6.47. The van der Waals surface area contributed by atoms with Crippen molar-refractivity contribution in [1.29, 1.82) is 0 Å². The lowest BCUT2D eigenvalue weighted by Crippen LogP contribution is -2.36. The van der Waals surface area contributed by atoms with Gasteiger partial charge in [-0.2, -0.15) is 0 Å². The maximum atomic E-state index is 14.0. The normalized spacial score (nSPS) is 31.8. The molecule has 0 spiro atoms. The lowest BCUT2D eigenvalue weighted by molar-refractivity contribution is 0.0591. The van der Waals surface area contributed by atoms with E-state index in [1.54, 1.807) is 22.6 Å². The molecule has 0 aromatic carbocycles. The molecule has 0 saturated heterocycles. The fraction of sp³-hybridized carbons (Fsp3) is 0.600. The maximum absolute atomic E-state index is 14.0. The Balaban J connectivity index is 2.42. The Kier molecular flexibility index (Phi) is 3.87. The van der Waals surface area contributed by atoms with Crippen molar-refractivity contribution in [1.82, 2.24) is 9.55 Å². The third-order valence-electron chi connectivity index (χ3n) is 3.25. The molecule has 3 N–H and O–H groups in total. The van der Waals surface area contributed by atoms with Crippen LogP contribution in [0.1, 0.15) is 12.5 Å². The minimum atomic E-state index is -1.52. The maximum Gasteiger partial charge on any atom is 0.328 e. The molecule has 8 heteroatoms. The highest BCUT2D eigenvalue weighted by Gasteiger charge is 2.44. The van der Waals surface area contributed by atoms with Crippen molar-refractivity contribution in [2.75, 3.05) is 6.61 Å². The molecular formula is C10H12FIN2O4. The fourth-order valence-electron chi connectivity index (χ4n) is 2.25. The van der Waals surface area contributed by atoms with Crippen LogP contribution in [0.3, 0.4) is 0 Å². The summed E-state index contributed by atoms with van der Waals surface area (Å²) in [7, 11) is 0. The van der Waals surface area contributed by atoms with Crippen molar-refractivity contribution in [2.24, 2.45) is 5.92 Å². The molecule has 1 aromatic heterocycles. The average Bonchev–Trinajstić information content (AvgIpc) is 2.59. The number of alkyl halides is 1. The average molecular weight is 370 g/mol. The summed E-state index contributed by atoms with van der Waals surface area (Å²) in [6.45, 7) is -0.478. The number of rotatable bonds is 2. The van der Waals surface area contributed by atoms with Gasteiger partial charge in [-0.05, 0) is 29.0 Å². The van der Waals surface area contributed by atoms with E-state index in [9.17, 15) is 19.1 Å². The summed E-state index contributed by atoms with van der Waals surface area (Å²) in [6, 6.07) is -0.866. The van der Waals surface area contributed by atoms with E-state index < -0.39 is 42.1 Å². The number of halogens is 2. The van der Waals surface area contributed by atoms with Gasteiger partial charge in [-0.25, -0.2) is 9.18 Å². The minimum Gasteiger partial charge on any atom is -0.396 e. The molecule has 0 bridgehead atoms. The second-order valence-electron chi connectivity index (χ2n) is 4.30. The Hall–Kier alpha value is -0.740. The van der Waals surface area contributed by atoms with Crippen LogP contribution >= 0.6 is 22.6 Å². The summed E-state index contributed by atoms with van der Waals surface area (Å²) in [4.78, 5) is 24.9. The predicted molar refractivity (Wildman–Crippen MR) is 69.2 cm³/mol. The second-order valence-corrected chi connectivity index (χ2v) is 5.47. The summed E-state index contributed by atoms with van der Waals surface area (Å²) in [5, 5.41) is 18.6. The van der Waals surface area contributed by atoms with Crippen LogP contribution in [0.5, 0.6) is 0 Å². The Morgan fingerprint density at radius 3 is 2.78 bits per heavy atom. The number of nitrogens with zero attached hydrogens (tertiary/aromatic N) is 1. The van der Waals surface area contributed by atoms with Gasteiger partial charge in [0.05, 0.1) is 22.3 Å². The number of nitrogens with one attached hydrogen (secondary N) is 1. The molecular weight excluding hydrogens is 358 g/mol. The highest BCUT2D eigenvalue weighted by molar-refractivity contribution is 14.1. The molecule has 4 atom stereocenters. The summed E-state index contributed by atoms with van der Waals surface area (Å²) in [5.74, 6) is -0.897. The van der Waals surface area contributed by atoms with Gasteiger partial charge in [0.2, 0.25) is 0 Å². The van der Waals surface area contributed by atoms with Crippen LogP contribution in [0.2, 0.25) is 0 Å². The molecule has 100 valence electrons. The topological polar surface area (TPSA) is 95.3 Å². The van der Waals surface area contributed by atoms with Gasteiger partial charge in [-0.1, -0.05) is 0 Å². The van der Waals surface area contributed by atoms with E-state index in [-0.39, 0.29) is 9.99 Å². The van der Waals surface area contributed by atoms with Crippen molar-refractivity contribution in [3.05, 3.63) is 30.6 Å². The number of aromatic nitrogens is 2. The van der Waals surface area contributed by atoms with Gasteiger partial charge in [-0.3, -0.25) is 14.3 Å². The number of aromatic amines is 1. The first-order valence-electron chi connectivity index (χ1n) is 5.39. The number of H-pyrrole nitrogens is 1. The molecule has 1 aliphatic carbocycles. The first kappa shape index (κ1) is 13.7. The van der Waals surface area contributed by atoms with E-state index in [0.29, 0.717) is 0 Å². The Labute approximate surface area is 115 Å². The van der Waals surface area contributed by atoms with E-state index in [1.807, 2.05) is 0 Å². The molecule has 6 nitrogen and oxygen atoms in total. The van der Waals surface area contributed by atoms with Crippen LogP contribution in [-0.4, -0.2) is 38.6 Å². The number of aliphatic hydroxyl groups excluding tert-OH is 2. The van der Waals surface area contributed by atoms with Crippen molar-refractivity contribution in [2.45, 2.75) is 24.7 Å². The van der Waals surface area contributed by atoms with E-state index in [1.165, 1.54) is 6.20 Å². The van der Waals surface area contributed by atoms with E-state index in [2.05, 4.69) is 4.98 Å². The van der Waals surface area contributed by atoms with Gasteiger partial charge in [0.15, 0.2) is 0 Å². The number of hydrogen-bond acceptors (Lipinski definition) is 4. The molecule has 2 rings (SSSR count). The van der Waals surface area contributed by atoms with Gasteiger partial charge in [0.25, 0.3) is 5.56 Å². The van der Waals surface area contributed by atoms with Crippen LogP contribution in [0.15, 0.2) is 15.8 Å². The fourth-order valence-corrected chi connectivity index (χ4v) is 2.68. The number of hydrogen-bond donors (Lipinski definition) is 3. The van der Waals surface area contributed by atoms with Crippen LogP contribution in [0, 0.1) is 9.49 Å². The quantitative estimate of drug-likeness (QED) is 0.606. The predicted octanol–water partition coefficient (Wildman–Crippen LogP) is -0.607. The molecule has 18 heavy (non-hydrogen) atoms. The summed E-state index contributed by atoms with van der Waals surface area (Å²) in [5.41, 5.74) is -1.23.